The van der Waals surface area contributed by atoms with Crippen LogP contribution in [0.3, 0.4) is 0 Å². The van der Waals surface area contributed by atoms with Gasteiger partial charge in [0.05, 0.1) is 10.6 Å². The molecule has 1 aliphatic rings. The Bertz CT molecular complexity index is 531. The largest absolute Gasteiger partial charge is 0.508 e. The number of phenolic OH excluding ortho intramolecular Hbond substituents is 1. The van der Waals surface area contributed by atoms with E-state index in [1.54, 1.807) is 0 Å². The average molecular weight is 228 g/mol. The Morgan fingerprint density at radius 1 is 1.40 bits per heavy atom. The number of carboxylic acids is 1. The molecule has 6 heteroatoms. The number of benzene rings is 1. The summed E-state index contributed by atoms with van der Waals surface area (Å²) in [5.41, 5.74) is 0.00463. The Morgan fingerprint density at radius 2 is 2.07 bits per heavy atom. The number of aromatic hydroxyl groups is 1. The summed E-state index contributed by atoms with van der Waals surface area (Å²) < 4.78 is 23.1. The normalized spacial score (nSPS) is 22.3. The molecule has 1 aromatic carbocycles. The highest BCUT2D eigenvalue weighted by Gasteiger charge is 2.40. The maximum Gasteiger partial charge on any atom is 0.312 e. The van der Waals surface area contributed by atoms with Gasteiger partial charge in [-0.2, -0.15) is 0 Å². The fraction of sp³-hybridized carbons (Fsp3) is 0.222. The van der Waals surface area contributed by atoms with E-state index in [0.29, 0.717) is 0 Å². The first-order valence-electron chi connectivity index (χ1n) is 4.21. The van der Waals surface area contributed by atoms with Crippen LogP contribution < -0.4 is 0 Å². The lowest BCUT2D eigenvalue weighted by atomic mass is 10.0. The first kappa shape index (κ1) is 9.97. The fourth-order valence-electron chi connectivity index (χ4n) is 1.74. The van der Waals surface area contributed by atoms with Crippen LogP contribution >= 0.6 is 0 Å². The predicted molar refractivity (Wildman–Crippen MR) is 50.5 cm³/mol. The van der Waals surface area contributed by atoms with E-state index < -0.39 is 27.5 Å². The van der Waals surface area contributed by atoms with Crippen LogP contribution in [-0.2, 0) is 14.6 Å². The summed E-state index contributed by atoms with van der Waals surface area (Å²) in [6, 6.07) is 3.99. The summed E-state index contributed by atoms with van der Waals surface area (Å²) in [6.45, 7) is 0. The highest BCUT2D eigenvalue weighted by molar-refractivity contribution is 7.91. The van der Waals surface area contributed by atoms with Crippen molar-refractivity contribution < 1.29 is 23.4 Å². The summed E-state index contributed by atoms with van der Waals surface area (Å²) in [4.78, 5) is 10.8. The maximum absolute atomic E-state index is 11.5. The number of rotatable bonds is 1. The van der Waals surface area contributed by atoms with Crippen molar-refractivity contribution in [2.75, 3.05) is 5.75 Å². The number of carbonyl (C=O) groups is 1. The molecule has 0 radical (unpaired) electrons. The van der Waals surface area contributed by atoms with E-state index in [9.17, 15) is 18.3 Å². The van der Waals surface area contributed by atoms with Crippen LogP contribution in [0, 0.1) is 0 Å². The van der Waals surface area contributed by atoms with E-state index in [1.807, 2.05) is 0 Å². The van der Waals surface area contributed by atoms with Crippen LogP contribution in [-0.4, -0.2) is 30.4 Å². The summed E-state index contributed by atoms with van der Waals surface area (Å²) in [5, 5.41) is 18.3. The second kappa shape index (κ2) is 2.96. The molecule has 0 saturated heterocycles. The molecule has 2 N–H and O–H groups in total. The maximum atomic E-state index is 11.5. The van der Waals surface area contributed by atoms with E-state index in [2.05, 4.69) is 0 Å². The quantitative estimate of drug-likeness (QED) is 0.723. The van der Waals surface area contributed by atoms with Gasteiger partial charge in [-0.15, -0.1) is 0 Å². The van der Waals surface area contributed by atoms with Gasteiger partial charge in [-0.05, 0) is 12.1 Å². The number of hydrogen-bond donors (Lipinski definition) is 2. The number of hydrogen-bond acceptors (Lipinski definition) is 4. The van der Waals surface area contributed by atoms with Crippen molar-refractivity contribution in [3.63, 3.8) is 0 Å². The first-order valence-corrected chi connectivity index (χ1v) is 5.86. The third-order valence-electron chi connectivity index (χ3n) is 2.41. The SMILES string of the molecule is O=C(O)C1CS(=O)(=O)c2cccc(O)c21. The Hall–Kier alpha value is -1.56. The predicted octanol–water partition coefficient (Wildman–Crippen LogP) is 0.348. The van der Waals surface area contributed by atoms with Crippen LogP contribution in [0.4, 0.5) is 0 Å². The molecule has 0 aromatic heterocycles. The minimum absolute atomic E-state index is 0.00463. The van der Waals surface area contributed by atoms with Crippen LogP contribution in [0.15, 0.2) is 23.1 Å². The molecule has 1 heterocycles. The summed E-state index contributed by atoms with van der Waals surface area (Å²) in [5.74, 6) is -3.15. The molecule has 0 bridgehead atoms. The van der Waals surface area contributed by atoms with E-state index in [4.69, 9.17) is 5.11 Å². The minimum Gasteiger partial charge on any atom is -0.508 e. The van der Waals surface area contributed by atoms with Crippen LogP contribution in [0.25, 0.3) is 0 Å². The van der Waals surface area contributed by atoms with Crippen molar-refractivity contribution in [2.45, 2.75) is 10.8 Å². The van der Waals surface area contributed by atoms with Gasteiger partial charge in [0.1, 0.15) is 11.7 Å². The Labute approximate surface area is 85.9 Å². The molecule has 0 fully saturated rings. The molecule has 0 saturated carbocycles. The molecular formula is C9H8O5S. The van der Waals surface area contributed by atoms with Gasteiger partial charge >= 0.3 is 5.97 Å². The Morgan fingerprint density at radius 3 is 2.67 bits per heavy atom. The monoisotopic (exact) mass is 228 g/mol. The van der Waals surface area contributed by atoms with Gasteiger partial charge in [-0.25, -0.2) is 8.42 Å². The zero-order chi connectivity index (χ0) is 11.2. The topological polar surface area (TPSA) is 91.7 Å². The van der Waals surface area contributed by atoms with E-state index >= 15 is 0 Å². The van der Waals surface area contributed by atoms with Crippen molar-refractivity contribution in [1.82, 2.24) is 0 Å². The Kier molecular flexibility index (Phi) is 1.97. The van der Waals surface area contributed by atoms with E-state index in [0.717, 1.165) is 0 Å². The van der Waals surface area contributed by atoms with Crippen molar-refractivity contribution in [3.8, 4) is 5.75 Å². The Balaban J connectivity index is 2.75. The molecule has 1 aromatic rings. The van der Waals surface area contributed by atoms with Gasteiger partial charge < -0.3 is 10.2 Å². The van der Waals surface area contributed by atoms with Crippen molar-refractivity contribution in [1.29, 1.82) is 0 Å². The van der Waals surface area contributed by atoms with Gasteiger partial charge in [-0.3, -0.25) is 4.79 Å². The van der Waals surface area contributed by atoms with E-state index in [-0.39, 0.29) is 16.2 Å². The van der Waals surface area contributed by atoms with Crippen LogP contribution in [0.1, 0.15) is 11.5 Å². The third kappa shape index (κ3) is 1.37. The zero-order valence-electron chi connectivity index (χ0n) is 7.54. The molecule has 80 valence electrons. The molecule has 1 unspecified atom stereocenters. The van der Waals surface area contributed by atoms with Crippen molar-refractivity contribution in [2.24, 2.45) is 0 Å². The molecule has 1 aliphatic heterocycles. The molecular weight excluding hydrogens is 220 g/mol. The van der Waals surface area contributed by atoms with Gasteiger partial charge in [0.2, 0.25) is 0 Å². The average Bonchev–Trinajstić information content (AvgIpc) is 2.40. The number of fused-ring (bicyclic) bond motifs is 1. The van der Waals surface area contributed by atoms with Gasteiger partial charge in [0, 0.05) is 5.56 Å². The molecule has 0 aliphatic carbocycles. The lowest BCUT2D eigenvalue weighted by Gasteiger charge is -2.05. The molecule has 0 amide bonds. The minimum atomic E-state index is -3.56. The molecule has 2 rings (SSSR count). The molecule has 1 atom stereocenters. The van der Waals surface area contributed by atoms with Crippen molar-refractivity contribution in [3.05, 3.63) is 23.8 Å². The standard InChI is InChI=1S/C9H8O5S/c10-6-2-1-3-7-8(6)5(9(11)12)4-15(7,13)14/h1-3,5,10H,4H2,(H,11,12). The van der Waals surface area contributed by atoms with Crippen LogP contribution in [0.5, 0.6) is 5.75 Å². The molecule has 15 heavy (non-hydrogen) atoms. The van der Waals surface area contributed by atoms with Gasteiger partial charge in [-0.1, -0.05) is 6.07 Å². The highest BCUT2D eigenvalue weighted by atomic mass is 32.2. The highest BCUT2D eigenvalue weighted by Crippen LogP contribution is 2.40. The molecule has 5 nitrogen and oxygen atoms in total. The van der Waals surface area contributed by atoms with Crippen molar-refractivity contribution >= 4 is 15.8 Å². The lowest BCUT2D eigenvalue weighted by molar-refractivity contribution is -0.138. The fourth-order valence-corrected chi connectivity index (χ4v) is 3.54. The number of phenols is 1. The van der Waals surface area contributed by atoms with Crippen LogP contribution in [0.2, 0.25) is 0 Å². The first-order chi connectivity index (χ1) is 6.93. The zero-order valence-corrected chi connectivity index (χ0v) is 8.36. The number of aliphatic carboxylic acids is 1. The van der Waals surface area contributed by atoms with E-state index in [1.165, 1.54) is 18.2 Å². The van der Waals surface area contributed by atoms with Gasteiger partial charge in [0.15, 0.2) is 9.84 Å². The lowest BCUT2D eigenvalue weighted by Crippen LogP contribution is -2.13. The smallest absolute Gasteiger partial charge is 0.312 e. The van der Waals surface area contributed by atoms with Gasteiger partial charge in [0.25, 0.3) is 0 Å². The second-order valence-electron chi connectivity index (χ2n) is 3.36. The summed E-state index contributed by atoms with van der Waals surface area (Å²) in [7, 11) is -3.56. The second-order valence-corrected chi connectivity index (χ2v) is 5.36. The number of carboxylic acid groups (broad SMARTS) is 1. The third-order valence-corrected chi connectivity index (χ3v) is 4.21. The molecule has 0 spiro atoms. The summed E-state index contributed by atoms with van der Waals surface area (Å²) in [6.07, 6.45) is 0. The summed E-state index contributed by atoms with van der Waals surface area (Å²) >= 11 is 0. The number of sulfone groups is 1.